The number of carbonyl (C=O) groups is 1. The van der Waals surface area contributed by atoms with Crippen LogP contribution in [-0.4, -0.2) is 20.1 Å². The maximum Gasteiger partial charge on any atom is 0.224 e. The highest BCUT2D eigenvalue weighted by Gasteiger charge is 2.09. The van der Waals surface area contributed by atoms with Gasteiger partial charge < -0.3 is 14.8 Å². The monoisotopic (exact) mass is 313 g/mol. The first-order valence-electron chi connectivity index (χ1n) is 7.61. The second kappa shape index (κ2) is 7.68. The molecule has 0 radical (unpaired) electrons. The van der Waals surface area contributed by atoms with Crippen molar-refractivity contribution < 1.29 is 14.3 Å². The summed E-state index contributed by atoms with van der Waals surface area (Å²) in [6, 6.07) is 11.7. The molecule has 0 saturated heterocycles. The molecule has 1 N–H and O–H groups in total. The van der Waals surface area contributed by atoms with Gasteiger partial charge in [-0.25, -0.2) is 0 Å². The zero-order chi connectivity index (χ0) is 16.8. The van der Waals surface area contributed by atoms with E-state index < -0.39 is 0 Å². The van der Waals surface area contributed by atoms with Gasteiger partial charge in [-0.2, -0.15) is 0 Å². The Hall–Kier alpha value is -2.49. The molecule has 1 amide bonds. The molecule has 0 aliphatic heterocycles. The van der Waals surface area contributed by atoms with Gasteiger partial charge in [0.25, 0.3) is 0 Å². The predicted molar refractivity (Wildman–Crippen MR) is 92.4 cm³/mol. The second-order valence-corrected chi connectivity index (χ2v) is 5.56. The van der Waals surface area contributed by atoms with E-state index in [-0.39, 0.29) is 5.91 Å². The van der Waals surface area contributed by atoms with E-state index in [1.54, 1.807) is 14.2 Å². The van der Waals surface area contributed by atoms with Crippen LogP contribution < -0.4 is 14.8 Å². The molecule has 0 unspecified atom stereocenters. The van der Waals surface area contributed by atoms with Crippen molar-refractivity contribution in [2.24, 2.45) is 0 Å². The molecule has 0 saturated carbocycles. The van der Waals surface area contributed by atoms with Crippen LogP contribution in [0.5, 0.6) is 11.5 Å². The van der Waals surface area contributed by atoms with E-state index in [0.29, 0.717) is 24.3 Å². The molecule has 0 aliphatic carbocycles. The first kappa shape index (κ1) is 16.9. The van der Waals surface area contributed by atoms with Crippen LogP contribution in [0.2, 0.25) is 0 Å². The summed E-state index contributed by atoms with van der Waals surface area (Å²) < 4.78 is 10.5. The van der Waals surface area contributed by atoms with E-state index in [0.717, 1.165) is 22.4 Å². The predicted octanol–water partition coefficient (Wildman–Crippen LogP) is 3.89. The van der Waals surface area contributed by atoms with Crippen molar-refractivity contribution in [3.63, 3.8) is 0 Å². The molecule has 122 valence electrons. The van der Waals surface area contributed by atoms with E-state index in [4.69, 9.17) is 9.47 Å². The fourth-order valence-electron chi connectivity index (χ4n) is 2.49. The maximum absolute atomic E-state index is 12.2. The zero-order valence-electron chi connectivity index (χ0n) is 14.1. The number of carbonyl (C=O) groups excluding carboxylic acids is 1. The van der Waals surface area contributed by atoms with Gasteiger partial charge in [-0.3, -0.25) is 4.79 Å². The minimum atomic E-state index is -0.0256. The van der Waals surface area contributed by atoms with Gasteiger partial charge in [-0.1, -0.05) is 18.2 Å². The van der Waals surface area contributed by atoms with Crippen LogP contribution in [0.15, 0.2) is 36.4 Å². The normalized spacial score (nSPS) is 10.3. The Kier molecular flexibility index (Phi) is 5.63. The van der Waals surface area contributed by atoms with Crippen LogP contribution >= 0.6 is 0 Å². The minimum Gasteiger partial charge on any atom is -0.496 e. The van der Waals surface area contributed by atoms with Crippen molar-refractivity contribution in [3.05, 3.63) is 53.1 Å². The lowest BCUT2D eigenvalue weighted by molar-refractivity contribution is -0.116. The number of anilines is 1. The third-order valence-electron chi connectivity index (χ3n) is 3.73. The first-order valence-corrected chi connectivity index (χ1v) is 7.61. The number of nitrogens with one attached hydrogen (secondary N) is 1. The largest absolute Gasteiger partial charge is 0.496 e. The lowest BCUT2D eigenvalue weighted by Gasteiger charge is -2.11. The highest BCUT2D eigenvalue weighted by atomic mass is 16.5. The van der Waals surface area contributed by atoms with Crippen molar-refractivity contribution in [1.82, 2.24) is 0 Å². The van der Waals surface area contributed by atoms with Gasteiger partial charge in [0.2, 0.25) is 5.91 Å². The fraction of sp³-hybridized carbons (Fsp3) is 0.316. The van der Waals surface area contributed by atoms with E-state index >= 15 is 0 Å². The Balaban J connectivity index is 1.98. The summed E-state index contributed by atoms with van der Waals surface area (Å²) in [6.07, 6.45) is 1.10. The highest BCUT2D eigenvalue weighted by molar-refractivity contribution is 5.92. The quantitative estimate of drug-likeness (QED) is 0.880. The molecule has 0 atom stereocenters. The van der Waals surface area contributed by atoms with Gasteiger partial charge >= 0.3 is 0 Å². The molecule has 0 aliphatic rings. The summed E-state index contributed by atoms with van der Waals surface area (Å²) in [5.41, 5.74) is 3.98. The molecule has 4 nitrogen and oxygen atoms in total. The Morgan fingerprint density at radius 3 is 2.35 bits per heavy atom. The molecule has 2 aromatic carbocycles. The van der Waals surface area contributed by atoms with Crippen molar-refractivity contribution >= 4 is 11.6 Å². The van der Waals surface area contributed by atoms with Crippen molar-refractivity contribution in [2.45, 2.75) is 26.7 Å². The average Bonchev–Trinajstić information content (AvgIpc) is 2.53. The van der Waals surface area contributed by atoms with Crippen molar-refractivity contribution in [2.75, 3.05) is 19.5 Å². The summed E-state index contributed by atoms with van der Waals surface area (Å²) in [5.74, 6) is 1.51. The summed E-state index contributed by atoms with van der Waals surface area (Å²) >= 11 is 0. The molecule has 2 rings (SSSR count). The molecule has 2 aromatic rings. The molecule has 0 fully saturated rings. The van der Waals surface area contributed by atoms with Crippen molar-refractivity contribution in [1.29, 1.82) is 0 Å². The number of benzene rings is 2. The van der Waals surface area contributed by atoms with Gasteiger partial charge in [-0.05, 0) is 55.2 Å². The number of aryl methyl sites for hydroxylation is 3. The Morgan fingerprint density at radius 1 is 1.00 bits per heavy atom. The van der Waals surface area contributed by atoms with Crippen LogP contribution in [0, 0.1) is 13.8 Å². The molecular formula is C19H23NO3. The Labute approximate surface area is 137 Å². The summed E-state index contributed by atoms with van der Waals surface area (Å²) in [5, 5.41) is 2.92. The van der Waals surface area contributed by atoms with Crippen LogP contribution in [-0.2, 0) is 11.2 Å². The number of ether oxygens (including phenoxy) is 2. The number of hydrogen-bond donors (Lipinski definition) is 1. The average molecular weight is 313 g/mol. The molecular weight excluding hydrogens is 290 g/mol. The topological polar surface area (TPSA) is 47.6 Å². The molecule has 0 heterocycles. The van der Waals surface area contributed by atoms with Crippen molar-refractivity contribution in [3.8, 4) is 11.5 Å². The van der Waals surface area contributed by atoms with Gasteiger partial charge in [0.15, 0.2) is 0 Å². The lowest BCUT2D eigenvalue weighted by Crippen LogP contribution is -2.13. The summed E-state index contributed by atoms with van der Waals surface area (Å²) in [7, 11) is 3.26. The van der Waals surface area contributed by atoms with E-state index in [9.17, 15) is 4.79 Å². The van der Waals surface area contributed by atoms with Gasteiger partial charge in [0.1, 0.15) is 11.5 Å². The van der Waals surface area contributed by atoms with Crippen LogP contribution in [0.4, 0.5) is 5.69 Å². The Morgan fingerprint density at radius 2 is 1.70 bits per heavy atom. The maximum atomic E-state index is 12.2. The molecule has 4 heteroatoms. The number of hydrogen-bond acceptors (Lipinski definition) is 3. The van der Waals surface area contributed by atoms with E-state index in [1.807, 2.05) is 44.2 Å². The molecule has 0 bridgehead atoms. The zero-order valence-corrected chi connectivity index (χ0v) is 14.1. The van der Waals surface area contributed by atoms with Crippen LogP contribution in [0.1, 0.15) is 23.1 Å². The van der Waals surface area contributed by atoms with E-state index in [2.05, 4.69) is 11.4 Å². The summed E-state index contributed by atoms with van der Waals surface area (Å²) in [4.78, 5) is 12.2. The minimum absolute atomic E-state index is 0.0256. The first-order chi connectivity index (χ1) is 11.0. The second-order valence-electron chi connectivity index (χ2n) is 5.56. The Bertz CT molecular complexity index is 695. The standard InChI is InChI=1S/C19H23NO3/c1-13-5-8-18(23-4)16(11-13)20-19(21)10-7-15-6-9-17(22-3)14(2)12-15/h5-6,8-9,11-12H,7,10H2,1-4H3,(H,20,21). The SMILES string of the molecule is COc1ccc(CCC(=O)Nc2cc(C)ccc2OC)cc1C. The smallest absolute Gasteiger partial charge is 0.224 e. The van der Waals surface area contributed by atoms with Crippen LogP contribution in [0.3, 0.4) is 0 Å². The van der Waals surface area contributed by atoms with Gasteiger partial charge in [0.05, 0.1) is 19.9 Å². The molecule has 23 heavy (non-hydrogen) atoms. The van der Waals surface area contributed by atoms with Gasteiger partial charge in [-0.15, -0.1) is 0 Å². The highest BCUT2D eigenvalue weighted by Crippen LogP contribution is 2.25. The number of amides is 1. The summed E-state index contributed by atoms with van der Waals surface area (Å²) in [6.45, 7) is 3.98. The molecule has 0 aromatic heterocycles. The van der Waals surface area contributed by atoms with Gasteiger partial charge in [0, 0.05) is 6.42 Å². The lowest BCUT2D eigenvalue weighted by atomic mass is 10.1. The number of rotatable bonds is 6. The fourth-order valence-corrected chi connectivity index (χ4v) is 2.49. The van der Waals surface area contributed by atoms with E-state index in [1.165, 1.54) is 0 Å². The third kappa shape index (κ3) is 4.49. The number of methoxy groups -OCH3 is 2. The third-order valence-corrected chi connectivity index (χ3v) is 3.73. The molecule has 0 spiro atoms. The van der Waals surface area contributed by atoms with Crippen LogP contribution in [0.25, 0.3) is 0 Å².